The lowest BCUT2D eigenvalue weighted by Gasteiger charge is -2.39. The van der Waals surface area contributed by atoms with Crippen LogP contribution in [0.4, 0.5) is 0 Å². The Labute approximate surface area is 83.4 Å². The Balaban J connectivity index is 4.19. The van der Waals surface area contributed by atoms with Crippen LogP contribution in [0, 0.1) is 16.2 Å². The van der Waals surface area contributed by atoms with E-state index < -0.39 is 0 Å². The minimum Gasteiger partial charge on any atom is -0.309 e. The fourth-order valence-corrected chi connectivity index (χ4v) is 0.920. The molecule has 0 aliphatic rings. The second-order valence-electron chi connectivity index (χ2n) is 5.44. The molecule has 0 aliphatic carbocycles. The first-order valence-corrected chi connectivity index (χ1v) is 4.89. The van der Waals surface area contributed by atoms with Crippen LogP contribution in [0.15, 0.2) is 12.1 Å². The summed E-state index contributed by atoms with van der Waals surface area (Å²) in [5, 5.41) is 7.05. The van der Waals surface area contributed by atoms with Gasteiger partial charge in [0.2, 0.25) is 0 Å². The molecule has 0 aromatic heterocycles. The van der Waals surface area contributed by atoms with Gasteiger partial charge in [-0.3, -0.25) is 0 Å². The molecule has 0 spiro atoms. The Bertz CT molecular complexity index is 199. The van der Waals surface area contributed by atoms with Crippen molar-refractivity contribution in [3.05, 3.63) is 12.1 Å². The highest BCUT2D eigenvalue weighted by Gasteiger charge is 2.32. The molecule has 0 radical (unpaired) electrons. The summed E-state index contributed by atoms with van der Waals surface area (Å²) in [4.78, 5) is 0. The lowest BCUT2D eigenvalue weighted by Crippen LogP contribution is -2.30. The van der Waals surface area contributed by atoms with E-state index in [1.165, 1.54) is 6.21 Å². The summed E-state index contributed by atoms with van der Waals surface area (Å²) in [6, 6.07) is 0. The van der Waals surface area contributed by atoms with Crippen molar-refractivity contribution in [3.63, 3.8) is 0 Å². The second-order valence-corrected chi connectivity index (χ2v) is 5.44. The van der Waals surface area contributed by atoms with Crippen molar-refractivity contribution in [2.75, 3.05) is 0 Å². The molecule has 0 heterocycles. The van der Waals surface area contributed by atoms with Gasteiger partial charge in [0.05, 0.1) is 0 Å². The highest BCUT2D eigenvalue weighted by Crippen LogP contribution is 2.41. The minimum atomic E-state index is 0.305. The summed E-state index contributed by atoms with van der Waals surface area (Å²) in [5.74, 6) is 0. The van der Waals surface area contributed by atoms with E-state index in [1.54, 1.807) is 0 Å². The van der Waals surface area contributed by atoms with E-state index in [2.05, 4.69) is 41.2 Å². The van der Waals surface area contributed by atoms with E-state index in [0.29, 0.717) is 10.8 Å². The quantitative estimate of drug-likeness (QED) is 0.506. The average Bonchev–Trinajstić information content (AvgIpc) is 1.98. The van der Waals surface area contributed by atoms with Crippen molar-refractivity contribution >= 4 is 13.5 Å². The maximum Gasteiger partial charge on any atom is 0.159 e. The second kappa shape index (κ2) is 4.12. The van der Waals surface area contributed by atoms with Gasteiger partial charge in [0.25, 0.3) is 0 Å². The predicted molar refractivity (Wildman–Crippen MR) is 63.1 cm³/mol. The highest BCUT2D eigenvalue weighted by atomic mass is 14.4. The SMILES string of the molecule is C=C(BCC(C)(C)C(C)(C)C)C=N. The van der Waals surface area contributed by atoms with Crippen LogP contribution in [-0.2, 0) is 0 Å². The third-order valence-electron chi connectivity index (χ3n) is 3.31. The summed E-state index contributed by atoms with van der Waals surface area (Å²) < 4.78 is 0. The average molecular weight is 179 g/mol. The lowest BCUT2D eigenvalue weighted by molar-refractivity contribution is 0.157. The summed E-state index contributed by atoms with van der Waals surface area (Å²) >= 11 is 0. The van der Waals surface area contributed by atoms with Gasteiger partial charge in [0, 0.05) is 6.21 Å². The Morgan fingerprint density at radius 1 is 1.31 bits per heavy atom. The normalized spacial score (nSPS) is 12.4. The van der Waals surface area contributed by atoms with E-state index in [4.69, 9.17) is 5.41 Å². The van der Waals surface area contributed by atoms with Crippen LogP contribution in [0.5, 0.6) is 0 Å². The Morgan fingerprint density at radius 2 is 1.77 bits per heavy atom. The molecule has 0 bridgehead atoms. The van der Waals surface area contributed by atoms with Crippen molar-refractivity contribution in [1.82, 2.24) is 0 Å². The zero-order valence-electron chi connectivity index (χ0n) is 9.70. The van der Waals surface area contributed by atoms with Crippen molar-refractivity contribution in [1.29, 1.82) is 5.41 Å². The molecular formula is C11H22BN. The largest absolute Gasteiger partial charge is 0.309 e. The van der Waals surface area contributed by atoms with Gasteiger partial charge in [-0.05, 0) is 10.8 Å². The monoisotopic (exact) mass is 179 g/mol. The summed E-state index contributed by atoms with van der Waals surface area (Å²) in [5.41, 5.74) is 1.55. The molecule has 1 nitrogen and oxygen atoms in total. The number of rotatable bonds is 4. The molecule has 0 aliphatic heterocycles. The Morgan fingerprint density at radius 3 is 2.08 bits per heavy atom. The fraction of sp³-hybridized carbons (Fsp3) is 0.727. The number of hydrogen-bond donors (Lipinski definition) is 1. The molecule has 0 atom stereocenters. The van der Waals surface area contributed by atoms with E-state index in [-0.39, 0.29) is 0 Å². The smallest absolute Gasteiger partial charge is 0.159 e. The van der Waals surface area contributed by atoms with Crippen molar-refractivity contribution < 1.29 is 0 Å². The molecule has 0 fully saturated rings. The number of allylic oxidation sites excluding steroid dienone is 1. The molecule has 0 unspecified atom stereocenters. The van der Waals surface area contributed by atoms with Gasteiger partial charge in [-0.1, -0.05) is 46.4 Å². The van der Waals surface area contributed by atoms with Gasteiger partial charge in [0.1, 0.15) is 0 Å². The van der Waals surface area contributed by atoms with Crippen molar-refractivity contribution in [2.45, 2.75) is 40.9 Å². The highest BCUT2D eigenvalue weighted by molar-refractivity contribution is 6.51. The van der Waals surface area contributed by atoms with E-state index >= 15 is 0 Å². The first-order chi connectivity index (χ1) is 5.70. The van der Waals surface area contributed by atoms with Crippen molar-refractivity contribution in [3.8, 4) is 0 Å². The van der Waals surface area contributed by atoms with Crippen LogP contribution < -0.4 is 0 Å². The molecule has 0 amide bonds. The number of hydrogen-bond acceptors (Lipinski definition) is 1. The topological polar surface area (TPSA) is 23.9 Å². The third-order valence-corrected chi connectivity index (χ3v) is 3.31. The molecule has 0 saturated heterocycles. The Kier molecular flexibility index (Phi) is 3.96. The molecule has 0 saturated carbocycles. The molecule has 0 aromatic carbocycles. The summed E-state index contributed by atoms with van der Waals surface area (Å²) in [6.07, 6.45) is 2.46. The first-order valence-electron chi connectivity index (χ1n) is 4.89. The molecule has 0 aromatic rings. The van der Waals surface area contributed by atoms with Crippen LogP contribution in [0.1, 0.15) is 34.6 Å². The standard InChI is InChI=1S/C11H22BN/c1-9(7-13)12-8-11(5,6)10(2,3)4/h7,12-13H,1,8H2,2-6H3. The summed E-state index contributed by atoms with van der Waals surface area (Å²) in [7, 11) is 0.938. The maximum absolute atomic E-state index is 7.05. The van der Waals surface area contributed by atoms with Gasteiger partial charge in [-0.25, -0.2) is 0 Å². The predicted octanol–water partition coefficient (Wildman–Crippen LogP) is 3.08. The fourth-order valence-electron chi connectivity index (χ4n) is 0.920. The molecule has 0 rings (SSSR count). The van der Waals surface area contributed by atoms with Crippen LogP contribution in [0.2, 0.25) is 6.32 Å². The van der Waals surface area contributed by atoms with Crippen molar-refractivity contribution in [2.24, 2.45) is 10.8 Å². The lowest BCUT2D eigenvalue weighted by atomic mass is 9.53. The zero-order chi connectivity index (χ0) is 10.7. The first kappa shape index (κ1) is 12.5. The zero-order valence-corrected chi connectivity index (χ0v) is 9.70. The van der Waals surface area contributed by atoms with Gasteiger partial charge in [0.15, 0.2) is 7.28 Å². The van der Waals surface area contributed by atoms with Gasteiger partial charge in [-0.15, -0.1) is 6.58 Å². The summed E-state index contributed by atoms with van der Waals surface area (Å²) in [6.45, 7) is 15.2. The van der Waals surface area contributed by atoms with E-state index in [1.807, 2.05) is 0 Å². The molecule has 13 heavy (non-hydrogen) atoms. The Hall–Kier alpha value is -0.525. The van der Waals surface area contributed by atoms with Crippen LogP contribution in [0.25, 0.3) is 0 Å². The molecular weight excluding hydrogens is 157 g/mol. The van der Waals surface area contributed by atoms with Gasteiger partial charge >= 0.3 is 0 Å². The molecule has 74 valence electrons. The maximum atomic E-state index is 7.05. The number of nitrogens with one attached hydrogen (secondary N) is 1. The molecule has 2 heteroatoms. The van der Waals surface area contributed by atoms with Gasteiger partial charge < -0.3 is 5.41 Å². The minimum absolute atomic E-state index is 0.305. The van der Waals surface area contributed by atoms with Crippen LogP contribution in [0.3, 0.4) is 0 Å². The van der Waals surface area contributed by atoms with E-state index in [0.717, 1.165) is 19.1 Å². The van der Waals surface area contributed by atoms with E-state index in [9.17, 15) is 0 Å². The van der Waals surface area contributed by atoms with Gasteiger partial charge in [-0.2, -0.15) is 0 Å². The van der Waals surface area contributed by atoms with Crippen LogP contribution >= 0.6 is 0 Å². The third kappa shape index (κ3) is 3.80. The molecule has 1 N–H and O–H groups in total. The van der Waals surface area contributed by atoms with Crippen LogP contribution in [-0.4, -0.2) is 13.5 Å².